The molecule has 3 nitrogen and oxygen atoms in total. The van der Waals surface area contributed by atoms with Crippen molar-refractivity contribution in [2.75, 3.05) is 32.7 Å². The Morgan fingerprint density at radius 3 is 2.95 bits per heavy atom. The Labute approximate surface area is 121 Å². The van der Waals surface area contributed by atoms with E-state index < -0.39 is 0 Å². The zero-order valence-corrected chi connectivity index (χ0v) is 12.5. The predicted octanol–water partition coefficient (Wildman–Crippen LogP) is 2.45. The average Bonchev–Trinajstić information content (AvgIpc) is 2.84. The van der Waals surface area contributed by atoms with Gasteiger partial charge < -0.3 is 15.0 Å². The number of likely N-dealkylation sites (N-methyl/N-ethyl adjacent to an activating group) is 1. The Morgan fingerprint density at radius 1 is 1.35 bits per heavy atom. The van der Waals surface area contributed by atoms with E-state index in [9.17, 15) is 4.39 Å². The minimum absolute atomic E-state index is 0.132. The Morgan fingerprint density at radius 2 is 2.20 bits per heavy atom. The molecule has 0 bridgehead atoms. The van der Waals surface area contributed by atoms with Crippen molar-refractivity contribution in [1.82, 2.24) is 10.2 Å². The van der Waals surface area contributed by atoms with Crippen molar-refractivity contribution in [1.29, 1.82) is 0 Å². The van der Waals surface area contributed by atoms with E-state index in [2.05, 4.69) is 24.1 Å². The van der Waals surface area contributed by atoms with Crippen LogP contribution in [0.25, 0.3) is 0 Å². The Hall–Kier alpha value is -1.13. The van der Waals surface area contributed by atoms with Crippen LogP contribution in [-0.4, -0.2) is 43.7 Å². The van der Waals surface area contributed by atoms with E-state index in [0.29, 0.717) is 0 Å². The fourth-order valence-corrected chi connectivity index (χ4v) is 2.65. The molecule has 0 saturated heterocycles. The molecular formula is C16H25FN2O. The highest BCUT2D eigenvalue weighted by Crippen LogP contribution is 2.28. The number of hydrogen-bond donors (Lipinski definition) is 1. The topological polar surface area (TPSA) is 24.5 Å². The predicted molar refractivity (Wildman–Crippen MR) is 79.8 cm³/mol. The van der Waals surface area contributed by atoms with Gasteiger partial charge in [-0.1, -0.05) is 13.8 Å². The maximum atomic E-state index is 13.1. The molecule has 112 valence electrons. The first kappa shape index (κ1) is 15.3. The van der Waals surface area contributed by atoms with E-state index >= 15 is 0 Å². The van der Waals surface area contributed by atoms with Gasteiger partial charge in [-0.05, 0) is 37.7 Å². The molecular weight excluding hydrogens is 255 g/mol. The summed E-state index contributed by atoms with van der Waals surface area (Å²) in [5.74, 6) is 0.651. The van der Waals surface area contributed by atoms with Crippen LogP contribution in [0.2, 0.25) is 0 Å². The van der Waals surface area contributed by atoms with Crippen molar-refractivity contribution >= 4 is 0 Å². The SMILES string of the molecule is CCCN(CC)CCNCC1Cc2cc(F)ccc2O1. The smallest absolute Gasteiger partial charge is 0.123 e. The van der Waals surface area contributed by atoms with E-state index in [1.807, 2.05) is 0 Å². The van der Waals surface area contributed by atoms with Gasteiger partial charge in [0, 0.05) is 31.6 Å². The molecule has 0 aliphatic carbocycles. The van der Waals surface area contributed by atoms with Gasteiger partial charge in [0.15, 0.2) is 0 Å². The van der Waals surface area contributed by atoms with E-state index in [4.69, 9.17) is 4.74 Å². The van der Waals surface area contributed by atoms with Crippen molar-refractivity contribution in [3.8, 4) is 5.75 Å². The highest BCUT2D eigenvalue weighted by Gasteiger charge is 2.22. The van der Waals surface area contributed by atoms with Crippen LogP contribution in [0.1, 0.15) is 25.8 Å². The zero-order chi connectivity index (χ0) is 14.4. The first-order valence-electron chi connectivity index (χ1n) is 7.61. The second-order valence-corrected chi connectivity index (χ2v) is 5.33. The van der Waals surface area contributed by atoms with Crippen LogP contribution in [0.3, 0.4) is 0 Å². The van der Waals surface area contributed by atoms with Gasteiger partial charge >= 0.3 is 0 Å². The van der Waals surface area contributed by atoms with Gasteiger partial charge in [0.2, 0.25) is 0 Å². The second kappa shape index (κ2) is 7.60. The summed E-state index contributed by atoms with van der Waals surface area (Å²) in [7, 11) is 0. The molecule has 1 heterocycles. The fraction of sp³-hybridized carbons (Fsp3) is 0.625. The molecule has 1 aromatic carbocycles. The molecule has 0 radical (unpaired) electrons. The summed E-state index contributed by atoms with van der Waals surface area (Å²) >= 11 is 0. The summed E-state index contributed by atoms with van der Waals surface area (Å²) in [5, 5.41) is 3.44. The lowest BCUT2D eigenvalue weighted by Gasteiger charge is -2.20. The van der Waals surface area contributed by atoms with Crippen LogP contribution < -0.4 is 10.1 Å². The van der Waals surface area contributed by atoms with Crippen molar-refractivity contribution in [2.45, 2.75) is 32.8 Å². The Balaban J connectivity index is 1.67. The van der Waals surface area contributed by atoms with E-state index in [1.54, 1.807) is 12.1 Å². The molecule has 1 N–H and O–H groups in total. The maximum Gasteiger partial charge on any atom is 0.123 e. The third-order valence-corrected chi connectivity index (χ3v) is 3.73. The summed E-state index contributed by atoms with van der Waals surface area (Å²) < 4.78 is 18.9. The summed E-state index contributed by atoms with van der Waals surface area (Å²) in [6.45, 7) is 9.51. The van der Waals surface area contributed by atoms with E-state index in [-0.39, 0.29) is 11.9 Å². The maximum absolute atomic E-state index is 13.1. The number of rotatable bonds is 8. The van der Waals surface area contributed by atoms with Gasteiger partial charge in [0.05, 0.1) is 0 Å². The molecule has 20 heavy (non-hydrogen) atoms. The monoisotopic (exact) mass is 280 g/mol. The van der Waals surface area contributed by atoms with Crippen molar-refractivity contribution in [3.63, 3.8) is 0 Å². The Bertz CT molecular complexity index is 425. The number of nitrogens with one attached hydrogen (secondary N) is 1. The average molecular weight is 280 g/mol. The summed E-state index contributed by atoms with van der Waals surface area (Å²) in [4.78, 5) is 2.44. The molecule has 1 aliphatic rings. The molecule has 0 saturated carbocycles. The Kier molecular flexibility index (Phi) is 5.80. The molecule has 4 heteroatoms. The lowest BCUT2D eigenvalue weighted by Crippen LogP contribution is -2.37. The zero-order valence-electron chi connectivity index (χ0n) is 12.5. The van der Waals surface area contributed by atoms with Crippen LogP contribution in [0, 0.1) is 5.82 Å². The van der Waals surface area contributed by atoms with E-state index in [0.717, 1.165) is 50.5 Å². The fourth-order valence-electron chi connectivity index (χ4n) is 2.65. The summed E-state index contributed by atoms with van der Waals surface area (Å²) in [6.07, 6.45) is 2.13. The molecule has 1 unspecified atom stereocenters. The number of fused-ring (bicyclic) bond motifs is 1. The largest absolute Gasteiger partial charge is 0.488 e. The number of halogens is 1. The molecule has 1 aromatic rings. The third-order valence-electron chi connectivity index (χ3n) is 3.73. The normalized spacial score (nSPS) is 17.3. The molecule has 0 fully saturated rings. The number of nitrogens with zero attached hydrogens (tertiary/aromatic N) is 1. The molecule has 0 amide bonds. The van der Waals surface area contributed by atoms with Crippen LogP contribution in [0.4, 0.5) is 4.39 Å². The van der Waals surface area contributed by atoms with Gasteiger partial charge in [-0.15, -0.1) is 0 Å². The van der Waals surface area contributed by atoms with Crippen LogP contribution in [0.15, 0.2) is 18.2 Å². The molecule has 1 atom stereocenters. The van der Waals surface area contributed by atoms with Crippen LogP contribution in [-0.2, 0) is 6.42 Å². The highest BCUT2D eigenvalue weighted by atomic mass is 19.1. The lowest BCUT2D eigenvalue weighted by molar-refractivity contribution is 0.221. The van der Waals surface area contributed by atoms with Gasteiger partial charge in [0.1, 0.15) is 17.7 Å². The first-order valence-corrected chi connectivity index (χ1v) is 7.61. The standard InChI is InChI=1S/C16H25FN2O/c1-3-8-19(4-2)9-7-18-12-15-11-13-10-14(17)5-6-16(13)20-15/h5-6,10,15,18H,3-4,7-9,11-12H2,1-2H3. The summed E-state index contributed by atoms with van der Waals surface area (Å²) in [5.41, 5.74) is 0.984. The quantitative estimate of drug-likeness (QED) is 0.740. The summed E-state index contributed by atoms with van der Waals surface area (Å²) in [6, 6.07) is 4.76. The molecule has 0 spiro atoms. The lowest BCUT2D eigenvalue weighted by atomic mass is 10.1. The van der Waals surface area contributed by atoms with Gasteiger partial charge in [-0.2, -0.15) is 0 Å². The molecule has 1 aliphatic heterocycles. The molecule has 0 aromatic heterocycles. The second-order valence-electron chi connectivity index (χ2n) is 5.33. The number of hydrogen-bond acceptors (Lipinski definition) is 3. The molecule has 2 rings (SSSR count). The minimum Gasteiger partial charge on any atom is -0.488 e. The first-order chi connectivity index (χ1) is 9.72. The van der Waals surface area contributed by atoms with Crippen LogP contribution >= 0.6 is 0 Å². The number of benzene rings is 1. The highest BCUT2D eigenvalue weighted by molar-refractivity contribution is 5.37. The van der Waals surface area contributed by atoms with Gasteiger partial charge in [-0.3, -0.25) is 0 Å². The van der Waals surface area contributed by atoms with Crippen molar-refractivity contribution < 1.29 is 9.13 Å². The minimum atomic E-state index is -0.181. The van der Waals surface area contributed by atoms with Gasteiger partial charge in [0.25, 0.3) is 0 Å². The van der Waals surface area contributed by atoms with E-state index in [1.165, 1.54) is 12.5 Å². The third kappa shape index (κ3) is 4.18. The van der Waals surface area contributed by atoms with Crippen molar-refractivity contribution in [2.24, 2.45) is 0 Å². The number of ether oxygens (including phenoxy) is 1. The van der Waals surface area contributed by atoms with Gasteiger partial charge in [-0.25, -0.2) is 4.39 Å². The van der Waals surface area contributed by atoms with Crippen LogP contribution in [0.5, 0.6) is 5.75 Å². The van der Waals surface area contributed by atoms with Crippen molar-refractivity contribution in [3.05, 3.63) is 29.6 Å².